The zero-order chi connectivity index (χ0) is 17.0. The zero-order valence-electron chi connectivity index (χ0n) is 13.4. The highest BCUT2D eigenvalue weighted by molar-refractivity contribution is 5.81. The Morgan fingerprint density at radius 3 is 2.57 bits per heavy atom. The minimum absolute atomic E-state index is 0.551. The molecule has 126 valence electrons. The number of esters is 1. The first-order valence-corrected chi connectivity index (χ1v) is 7.37. The maximum atomic E-state index is 11.2. The van der Waals surface area contributed by atoms with Gasteiger partial charge in [-0.3, -0.25) is 0 Å². The molecule has 1 fully saturated rings. The first kappa shape index (κ1) is 17.6. The molecule has 0 aromatic heterocycles. The molecule has 1 aliphatic heterocycles. The lowest BCUT2D eigenvalue weighted by Crippen LogP contribution is -2.55. The predicted octanol–water partition coefficient (Wildman–Crippen LogP) is 1.33. The van der Waals surface area contributed by atoms with Crippen LogP contribution in [-0.4, -0.2) is 47.4 Å². The van der Waals surface area contributed by atoms with Gasteiger partial charge in [-0.15, -0.1) is 0 Å². The Morgan fingerprint density at radius 1 is 1.30 bits per heavy atom. The number of carbonyl (C=O) groups excluding carboxylic acids is 1. The van der Waals surface area contributed by atoms with Crippen molar-refractivity contribution in [1.29, 1.82) is 0 Å². The van der Waals surface area contributed by atoms with Crippen molar-refractivity contribution in [2.75, 3.05) is 7.11 Å². The highest BCUT2D eigenvalue weighted by Crippen LogP contribution is 2.34. The minimum atomic E-state index is -1.14. The van der Waals surface area contributed by atoms with E-state index in [0.29, 0.717) is 5.56 Å². The van der Waals surface area contributed by atoms with E-state index in [1.54, 1.807) is 38.1 Å². The Hall–Kier alpha value is -1.73. The fourth-order valence-electron chi connectivity index (χ4n) is 2.50. The average molecular weight is 322 g/mol. The smallest absolute Gasteiger partial charge is 0.330 e. The van der Waals surface area contributed by atoms with Gasteiger partial charge in [0.1, 0.15) is 24.4 Å². The van der Waals surface area contributed by atoms with Gasteiger partial charge in [0.2, 0.25) is 0 Å². The van der Waals surface area contributed by atoms with Crippen LogP contribution < -0.4 is 0 Å². The number of hydrogen-bond acceptors (Lipinski definition) is 6. The first-order chi connectivity index (χ1) is 10.8. The van der Waals surface area contributed by atoms with Crippen LogP contribution in [-0.2, 0) is 19.0 Å². The molecule has 6 nitrogen and oxygen atoms in total. The van der Waals surface area contributed by atoms with Crippen molar-refractivity contribution < 1.29 is 29.2 Å². The van der Waals surface area contributed by atoms with Crippen LogP contribution in [0, 0.1) is 0 Å². The summed E-state index contributed by atoms with van der Waals surface area (Å²) in [6.45, 7) is 3.37. The van der Waals surface area contributed by atoms with Crippen molar-refractivity contribution in [2.45, 2.75) is 44.1 Å². The lowest BCUT2D eigenvalue weighted by atomic mass is 9.95. The van der Waals surface area contributed by atoms with Gasteiger partial charge in [-0.2, -0.15) is 0 Å². The molecule has 1 saturated heterocycles. The van der Waals surface area contributed by atoms with E-state index in [0.717, 1.165) is 0 Å². The summed E-state index contributed by atoms with van der Waals surface area (Å²) in [7, 11) is 1.26. The van der Waals surface area contributed by atoms with E-state index >= 15 is 0 Å². The number of carbonyl (C=O) groups is 1. The number of hydrogen-bond donors (Lipinski definition) is 2. The van der Waals surface area contributed by atoms with Crippen molar-refractivity contribution in [2.24, 2.45) is 0 Å². The molecule has 1 heterocycles. The quantitative estimate of drug-likeness (QED) is 0.642. The summed E-state index contributed by atoms with van der Waals surface area (Å²) < 4.78 is 15.8. The Morgan fingerprint density at radius 2 is 1.96 bits per heavy atom. The van der Waals surface area contributed by atoms with Gasteiger partial charge < -0.3 is 24.4 Å². The second kappa shape index (κ2) is 7.23. The van der Waals surface area contributed by atoms with Crippen molar-refractivity contribution in [3.05, 3.63) is 48.0 Å². The first-order valence-electron chi connectivity index (χ1n) is 7.37. The molecule has 0 bridgehead atoms. The Labute approximate surface area is 135 Å². The fraction of sp³-hybridized carbons (Fsp3) is 0.471. The van der Waals surface area contributed by atoms with Crippen LogP contribution in [0.1, 0.15) is 25.5 Å². The normalized spacial score (nSPS) is 28.5. The lowest BCUT2D eigenvalue weighted by molar-refractivity contribution is -0.336. The summed E-state index contributed by atoms with van der Waals surface area (Å²) in [4.78, 5) is 11.2. The summed E-state index contributed by atoms with van der Waals surface area (Å²) in [6, 6.07) is 8.93. The van der Waals surface area contributed by atoms with Crippen molar-refractivity contribution in [1.82, 2.24) is 0 Å². The molecular formula is C17H22O6. The number of benzene rings is 1. The molecule has 1 aromatic carbocycles. The Bertz CT molecular complexity index is 553. The van der Waals surface area contributed by atoms with E-state index in [-0.39, 0.29) is 0 Å². The van der Waals surface area contributed by atoms with Gasteiger partial charge in [0.25, 0.3) is 0 Å². The van der Waals surface area contributed by atoms with E-state index in [4.69, 9.17) is 9.47 Å². The van der Waals surface area contributed by atoms with E-state index in [1.807, 2.05) is 6.07 Å². The molecule has 4 atom stereocenters. The molecule has 0 unspecified atom stereocenters. The number of ether oxygens (including phenoxy) is 3. The molecular weight excluding hydrogens is 300 g/mol. The third kappa shape index (κ3) is 4.39. The van der Waals surface area contributed by atoms with Crippen LogP contribution in [0.2, 0.25) is 0 Å². The maximum Gasteiger partial charge on any atom is 0.330 e. The highest BCUT2D eigenvalue weighted by Gasteiger charge is 2.44. The van der Waals surface area contributed by atoms with Gasteiger partial charge in [0.05, 0.1) is 7.11 Å². The minimum Gasteiger partial charge on any atom is -0.466 e. The second-order valence-corrected chi connectivity index (χ2v) is 5.79. The summed E-state index contributed by atoms with van der Waals surface area (Å²) in [5.41, 5.74) is 0.630. The molecule has 23 heavy (non-hydrogen) atoms. The van der Waals surface area contributed by atoms with Crippen LogP contribution in [0.5, 0.6) is 0 Å². The number of aliphatic hydroxyl groups excluding tert-OH is 2. The molecule has 0 amide bonds. The van der Waals surface area contributed by atoms with Gasteiger partial charge in [-0.25, -0.2) is 4.79 Å². The van der Waals surface area contributed by atoms with E-state index in [9.17, 15) is 15.0 Å². The largest absolute Gasteiger partial charge is 0.466 e. The zero-order valence-corrected chi connectivity index (χ0v) is 13.4. The molecule has 0 radical (unpaired) electrons. The Balaban J connectivity index is 2.21. The number of aliphatic hydroxyl groups is 2. The average Bonchev–Trinajstić information content (AvgIpc) is 2.55. The molecule has 0 saturated carbocycles. The molecule has 2 rings (SSSR count). The van der Waals surface area contributed by atoms with Crippen molar-refractivity contribution in [3.63, 3.8) is 0 Å². The lowest BCUT2D eigenvalue weighted by Gasteiger charge is -2.44. The topological polar surface area (TPSA) is 85.2 Å². The van der Waals surface area contributed by atoms with Gasteiger partial charge in [-0.1, -0.05) is 30.3 Å². The molecule has 1 aliphatic rings. The number of methoxy groups -OCH3 is 1. The molecule has 0 spiro atoms. The Kier molecular flexibility index (Phi) is 5.54. The fourth-order valence-corrected chi connectivity index (χ4v) is 2.50. The third-order valence-electron chi connectivity index (χ3n) is 3.59. The van der Waals surface area contributed by atoms with Crippen LogP contribution in [0.3, 0.4) is 0 Å². The third-order valence-corrected chi connectivity index (χ3v) is 3.59. The summed E-state index contributed by atoms with van der Waals surface area (Å²) >= 11 is 0. The monoisotopic (exact) mass is 322 g/mol. The molecule has 6 heteroatoms. The van der Waals surface area contributed by atoms with E-state index in [1.165, 1.54) is 19.3 Å². The van der Waals surface area contributed by atoms with E-state index < -0.39 is 36.2 Å². The van der Waals surface area contributed by atoms with Gasteiger partial charge in [0, 0.05) is 6.08 Å². The molecule has 2 N–H and O–H groups in total. The predicted molar refractivity (Wildman–Crippen MR) is 82.4 cm³/mol. The summed E-state index contributed by atoms with van der Waals surface area (Å²) in [6.07, 6.45) is -1.27. The summed E-state index contributed by atoms with van der Waals surface area (Å²) in [5.74, 6) is -1.57. The maximum absolute atomic E-state index is 11.2. The van der Waals surface area contributed by atoms with Gasteiger partial charge in [0.15, 0.2) is 5.79 Å². The number of rotatable bonds is 4. The van der Waals surface area contributed by atoms with Crippen LogP contribution in [0.25, 0.3) is 0 Å². The van der Waals surface area contributed by atoms with Gasteiger partial charge >= 0.3 is 5.97 Å². The second-order valence-electron chi connectivity index (χ2n) is 5.79. The molecule has 0 aliphatic carbocycles. The SMILES string of the molecule is COC(=O)/C=C\[C@@H]1OC(C)(C)O[C@H]([C@H](O)c2ccccc2)[C@@H]1O. The van der Waals surface area contributed by atoms with Crippen LogP contribution in [0.4, 0.5) is 0 Å². The van der Waals surface area contributed by atoms with E-state index in [2.05, 4.69) is 4.74 Å². The van der Waals surface area contributed by atoms with Crippen LogP contribution >= 0.6 is 0 Å². The summed E-state index contributed by atoms with van der Waals surface area (Å²) in [5, 5.41) is 21.0. The molecule has 1 aromatic rings. The van der Waals surface area contributed by atoms with Crippen LogP contribution in [0.15, 0.2) is 42.5 Å². The van der Waals surface area contributed by atoms with Crippen molar-refractivity contribution >= 4 is 5.97 Å². The van der Waals surface area contributed by atoms with Crippen molar-refractivity contribution in [3.8, 4) is 0 Å². The standard InChI is InChI=1S/C17H22O6/c1-17(2)22-12(9-10-13(18)21-3)15(20)16(23-17)14(19)11-7-5-4-6-8-11/h4-10,12,14-16,19-20H,1-3H3/b10-9-/t12-,14+,15+,16+/m0/s1. The van der Waals surface area contributed by atoms with Gasteiger partial charge in [-0.05, 0) is 25.5 Å². The highest BCUT2D eigenvalue weighted by atomic mass is 16.7.